The largest absolute Gasteiger partial charge is 0.508 e. The van der Waals surface area contributed by atoms with Crippen molar-refractivity contribution in [1.82, 2.24) is 4.90 Å². The molecule has 2 heterocycles. The molecular weight excluding hydrogens is 298 g/mol. The van der Waals surface area contributed by atoms with E-state index in [0.717, 1.165) is 18.7 Å². The average molecular weight is 319 g/mol. The number of hydrogen-bond donors (Lipinski definition) is 0. The number of carbonyl (C=O) groups excluding carboxylic acids is 2. The molecule has 6 heteroatoms. The number of benzene rings is 1. The van der Waals surface area contributed by atoms with Gasteiger partial charge in [-0.15, -0.1) is 0 Å². The first-order valence-corrected chi connectivity index (χ1v) is 7.86. The highest BCUT2D eigenvalue weighted by Gasteiger charge is 2.32. The molecule has 2 aliphatic rings. The molecule has 0 radical (unpaired) electrons. The molecule has 1 fully saturated rings. The van der Waals surface area contributed by atoms with E-state index >= 15 is 0 Å². The fourth-order valence-corrected chi connectivity index (χ4v) is 3.16. The lowest BCUT2D eigenvalue weighted by molar-refractivity contribution is -0.133. The quantitative estimate of drug-likeness (QED) is 0.790. The number of ether oxygens (including phenoxy) is 3. The summed E-state index contributed by atoms with van der Waals surface area (Å²) in [6.45, 7) is 2.61. The van der Waals surface area contributed by atoms with Crippen LogP contribution < -0.4 is 4.74 Å². The number of Topliss-reactive ketones (excluding diaryl/α,β-unsaturated/α-hetero) is 1. The van der Waals surface area contributed by atoms with E-state index in [2.05, 4.69) is 15.7 Å². The molecule has 124 valence electrons. The van der Waals surface area contributed by atoms with Gasteiger partial charge in [-0.25, -0.2) is 4.79 Å². The molecule has 0 bridgehead atoms. The Morgan fingerprint density at radius 2 is 2.22 bits per heavy atom. The van der Waals surface area contributed by atoms with Crippen molar-refractivity contribution >= 4 is 11.9 Å². The number of rotatable bonds is 3. The second kappa shape index (κ2) is 7.00. The molecule has 0 aromatic heterocycles. The number of likely N-dealkylation sites (tertiary alicyclic amines) is 1. The van der Waals surface area contributed by atoms with Crippen LogP contribution in [0.5, 0.6) is 5.75 Å². The smallest absolute Gasteiger partial charge is 0.493 e. The van der Waals surface area contributed by atoms with E-state index in [-0.39, 0.29) is 5.78 Å². The Kier molecular flexibility index (Phi) is 4.81. The molecule has 0 amide bonds. The molecule has 0 saturated carbocycles. The predicted molar refractivity (Wildman–Crippen MR) is 82.5 cm³/mol. The molecule has 3 rings (SSSR count). The lowest BCUT2D eigenvalue weighted by Crippen LogP contribution is -2.48. The van der Waals surface area contributed by atoms with Gasteiger partial charge in [0.1, 0.15) is 5.75 Å². The normalized spacial score (nSPS) is 24.5. The number of para-hydroxylation sites is 1. The fraction of sp³-hybridized carbons (Fsp3) is 0.529. The minimum atomic E-state index is -0.805. The van der Waals surface area contributed by atoms with E-state index in [1.807, 2.05) is 18.2 Å². The van der Waals surface area contributed by atoms with Gasteiger partial charge in [0.05, 0.1) is 13.7 Å². The topological polar surface area (TPSA) is 65.1 Å². The number of fused-ring (bicyclic) bond motifs is 1. The van der Waals surface area contributed by atoms with Crippen molar-refractivity contribution in [1.29, 1.82) is 0 Å². The molecule has 0 aliphatic carbocycles. The van der Waals surface area contributed by atoms with Gasteiger partial charge in [-0.3, -0.25) is 9.69 Å². The van der Waals surface area contributed by atoms with Crippen LogP contribution in [0.25, 0.3) is 0 Å². The molecule has 1 aromatic rings. The Morgan fingerprint density at radius 1 is 1.39 bits per heavy atom. The first-order chi connectivity index (χ1) is 11.2. The Bertz CT molecular complexity index is 588. The van der Waals surface area contributed by atoms with Gasteiger partial charge in [-0.1, -0.05) is 18.2 Å². The van der Waals surface area contributed by atoms with E-state index in [4.69, 9.17) is 9.47 Å². The molecule has 2 atom stereocenters. The maximum atomic E-state index is 11.9. The minimum absolute atomic E-state index is 0.0445. The number of hydrogen-bond acceptors (Lipinski definition) is 6. The van der Waals surface area contributed by atoms with Crippen LogP contribution in [0.2, 0.25) is 0 Å². The van der Waals surface area contributed by atoms with Crippen molar-refractivity contribution in [2.45, 2.75) is 18.9 Å². The van der Waals surface area contributed by atoms with E-state index in [1.54, 1.807) is 0 Å². The van der Waals surface area contributed by atoms with Crippen molar-refractivity contribution in [2.24, 2.45) is 5.92 Å². The zero-order valence-corrected chi connectivity index (χ0v) is 13.2. The number of ketones is 1. The molecule has 2 unspecified atom stereocenters. The van der Waals surface area contributed by atoms with Crippen molar-refractivity contribution in [3.05, 3.63) is 29.8 Å². The van der Waals surface area contributed by atoms with Crippen LogP contribution >= 0.6 is 0 Å². The van der Waals surface area contributed by atoms with Crippen LogP contribution in [0.4, 0.5) is 4.79 Å². The Hall–Kier alpha value is -2.08. The summed E-state index contributed by atoms with van der Waals surface area (Å²) in [4.78, 5) is 25.3. The maximum Gasteiger partial charge on any atom is 0.508 e. The van der Waals surface area contributed by atoms with Gasteiger partial charge in [0, 0.05) is 32.0 Å². The van der Waals surface area contributed by atoms with E-state index in [1.165, 1.54) is 12.7 Å². The van der Waals surface area contributed by atoms with Gasteiger partial charge in [0.2, 0.25) is 0 Å². The molecule has 1 aromatic carbocycles. The average Bonchev–Trinajstić information content (AvgIpc) is 2.57. The number of carbonyl (C=O) groups is 2. The van der Waals surface area contributed by atoms with Crippen LogP contribution in [-0.2, 0) is 20.7 Å². The second-order valence-electron chi connectivity index (χ2n) is 6.03. The summed E-state index contributed by atoms with van der Waals surface area (Å²) in [5, 5.41) is 0. The molecule has 2 aliphatic heterocycles. The summed E-state index contributed by atoms with van der Waals surface area (Å²) in [6.07, 6.45) is -0.178. The summed E-state index contributed by atoms with van der Waals surface area (Å²) < 4.78 is 15.3. The van der Waals surface area contributed by atoms with Gasteiger partial charge in [-0.05, 0) is 18.1 Å². The van der Waals surface area contributed by atoms with Gasteiger partial charge in [0.15, 0.2) is 11.9 Å². The lowest BCUT2D eigenvalue weighted by Gasteiger charge is -2.35. The lowest BCUT2D eigenvalue weighted by atomic mass is 9.95. The van der Waals surface area contributed by atoms with Crippen LogP contribution in [0.15, 0.2) is 24.3 Å². The van der Waals surface area contributed by atoms with Gasteiger partial charge in [0.25, 0.3) is 0 Å². The zero-order valence-electron chi connectivity index (χ0n) is 13.2. The minimum Gasteiger partial charge on any atom is -0.493 e. The summed E-state index contributed by atoms with van der Waals surface area (Å²) in [7, 11) is 1.24. The monoisotopic (exact) mass is 319 g/mol. The van der Waals surface area contributed by atoms with Crippen molar-refractivity contribution in [3.63, 3.8) is 0 Å². The van der Waals surface area contributed by atoms with Crippen LogP contribution in [-0.4, -0.2) is 56.3 Å². The van der Waals surface area contributed by atoms with Gasteiger partial charge >= 0.3 is 6.16 Å². The zero-order chi connectivity index (χ0) is 16.2. The van der Waals surface area contributed by atoms with E-state index in [0.29, 0.717) is 32.0 Å². The second-order valence-corrected chi connectivity index (χ2v) is 6.03. The van der Waals surface area contributed by atoms with Crippen molar-refractivity contribution < 1.29 is 23.8 Å². The summed E-state index contributed by atoms with van der Waals surface area (Å²) in [5.41, 5.74) is 1.22. The highest BCUT2D eigenvalue weighted by Crippen LogP contribution is 2.27. The summed E-state index contributed by atoms with van der Waals surface area (Å²) in [6, 6.07) is 8.07. The first-order valence-electron chi connectivity index (χ1n) is 7.86. The number of nitrogens with zero attached hydrogens (tertiary/aromatic N) is 1. The third-order valence-corrected chi connectivity index (χ3v) is 4.33. The van der Waals surface area contributed by atoms with Crippen LogP contribution in [0.3, 0.4) is 0 Å². The summed E-state index contributed by atoms with van der Waals surface area (Å²) >= 11 is 0. The molecule has 6 nitrogen and oxygen atoms in total. The third-order valence-electron chi connectivity index (χ3n) is 4.33. The standard InChI is InChI=1S/C17H21NO5/c1-21-17(20)23-16-10-18(7-6-14(16)19)9-12-8-13-4-2-3-5-15(13)22-11-12/h2-5,12,16H,6-11H2,1H3. The summed E-state index contributed by atoms with van der Waals surface area (Å²) in [5.74, 6) is 1.29. The molecule has 0 N–H and O–H groups in total. The maximum absolute atomic E-state index is 11.9. The Morgan fingerprint density at radius 3 is 3.04 bits per heavy atom. The molecular formula is C17H21NO5. The first kappa shape index (κ1) is 15.8. The van der Waals surface area contributed by atoms with Crippen molar-refractivity contribution in [3.8, 4) is 5.75 Å². The van der Waals surface area contributed by atoms with Crippen LogP contribution in [0, 0.1) is 5.92 Å². The predicted octanol–water partition coefficient (Wildman–Crippen LogP) is 1.66. The fourth-order valence-electron chi connectivity index (χ4n) is 3.16. The van der Waals surface area contributed by atoms with Crippen molar-refractivity contribution in [2.75, 3.05) is 33.4 Å². The number of piperidine rings is 1. The highest BCUT2D eigenvalue weighted by atomic mass is 16.7. The van der Waals surface area contributed by atoms with Gasteiger partial charge in [-0.2, -0.15) is 0 Å². The van der Waals surface area contributed by atoms with Crippen LogP contribution in [0.1, 0.15) is 12.0 Å². The highest BCUT2D eigenvalue weighted by molar-refractivity contribution is 5.85. The Balaban J connectivity index is 1.56. The Labute approximate surface area is 135 Å². The SMILES string of the molecule is COC(=O)OC1CN(CC2COc3ccccc3C2)CCC1=O. The van der Waals surface area contributed by atoms with E-state index < -0.39 is 12.3 Å². The number of methoxy groups -OCH3 is 1. The van der Waals surface area contributed by atoms with Gasteiger partial charge < -0.3 is 14.2 Å². The van der Waals surface area contributed by atoms with E-state index in [9.17, 15) is 9.59 Å². The molecule has 0 spiro atoms. The third kappa shape index (κ3) is 3.82. The molecule has 1 saturated heterocycles. The molecule has 23 heavy (non-hydrogen) atoms.